The number of carbonyl (C=O) groups excluding carboxylic acids is 2. The number of amides is 2. The summed E-state index contributed by atoms with van der Waals surface area (Å²) in [6.07, 6.45) is 2.20. The normalized spacial score (nSPS) is 12.2. The number of hydrogen-bond donors (Lipinski definition) is 1. The Labute approximate surface area is 239 Å². The zero-order valence-corrected chi connectivity index (χ0v) is 24.9. The molecule has 8 heteroatoms. The number of anilines is 1. The molecule has 2 amide bonds. The summed E-state index contributed by atoms with van der Waals surface area (Å²) in [6, 6.07) is 23.7. The fourth-order valence-electron chi connectivity index (χ4n) is 4.38. The van der Waals surface area contributed by atoms with Crippen molar-refractivity contribution >= 4 is 27.5 Å². The Morgan fingerprint density at radius 3 is 2.00 bits per heavy atom. The average Bonchev–Trinajstić information content (AvgIpc) is 2.93. The highest BCUT2D eigenvalue weighted by Gasteiger charge is 2.33. The summed E-state index contributed by atoms with van der Waals surface area (Å²) in [5, 5.41) is 3.00. The molecule has 1 atom stereocenters. The summed E-state index contributed by atoms with van der Waals surface area (Å²) in [5.41, 5.74) is 4.31. The van der Waals surface area contributed by atoms with Crippen molar-refractivity contribution in [2.75, 3.05) is 23.7 Å². The zero-order valence-electron chi connectivity index (χ0n) is 24.1. The second kappa shape index (κ2) is 14.1. The summed E-state index contributed by atoms with van der Waals surface area (Å²) in [6.45, 7) is 8.24. The van der Waals surface area contributed by atoms with Crippen LogP contribution in [0.3, 0.4) is 0 Å². The lowest BCUT2D eigenvalue weighted by molar-refractivity contribution is -0.140. The molecule has 0 fully saturated rings. The van der Waals surface area contributed by atoms with Crippen LogP contribution in [0.2, 0.25) is 0 Å². The van der Waals surface area contributed by atoms with Gasteiger partial charge < -0.3 is 10.2 Å². The number of nitrogens with one attached hydrogen (secondary N) is 1. The Hall–Kier alpha value is -3.65. The van der Waals surface area contributed by atoms with Crippen LogP contribution in [0.5, 0.6) is 0 Å². The van der Waals surface area contributed by atoms with Gasteiger partial charge in [-0.25, -0.2) is 8.42 Å². The summed E-state index contributed by atoms with van der Waals surface area (Å²) in [7, 11) is -3.79. The van der Waals surface area contributed by atoms with Crippen molar-refractivity contribution < 1.29 is 18.0 Å². The van der Waals surface area contributed by atoms with Crippen molar-refractivity contribution in [3.8, 4) is 0 Å². The van der Waals surface area contributed by atoms with Gasteiger partial charge in [0.1, 0.15) is 12.6 Å². The van der Waals surface area contributed by atoms with E-state index in [9.17, 15) is 18.0 Å². The minimum Gasteiger partial charge on any atom is -0.354 e. The molecule has 0 aliphatic carbocycles. The largest absolute Gasteiger partial charge is 0.354 e. The Morgan fingerprint density at radius 1 is 0.850 bits per heavy atom. The lowest BCUT2D eigenvalue weighted by atomic mass is 10.0. The molecule has 0 aliphatic rings. The first-order chi connectivity index (χ1) is 19.0. The number of sulfonamides is 1. The molecular weight excluding hydrogens is 522 g/mol. The van der Waals surface area contributed by atoms with Crippen molar-refractivity contribution in [1.82, 2.24) is 10.2 Å². The molecule has 214 valence electrons. The molecule has 7 nitrogen and oxygen atoms in total. The molecule has 0 aliphatic heterocycles. The topological polar surface area (TPSA) is 86.8 Å². The molecule has 0 spiro atoms. The highest BCUT2D eigenvalue weighted by Crippen LogP contribution is 2.21. The highest BCUT2D eigenvalue weighted by atomic mass is 32.2. The third kappa shape index (κ3) is 8.95. The maximum atomic E-state index is 14.1. The Bertz CT molecular complexity index is 1360. The zero-order chi connectivity index (χ0) is 29.3. The van der Waals surface area contributed by atoms with Gasteiger partial charge in [0.15, 0.2) is 0 Å². The van der Waals surface area contributed by atoms with Gasteiger partial charge in [-0.1, -0.05) is 93.1 Å². The van der Waals surface area contributed by atoms with Crippen LogP contribution in [0.1, 0.15) is 43.0 Å². The van der Waals surface area contributed by atoms with Gasteiger partial charge in [0.05, 0.1) is 11.9 Å². The monoisotopic (exact) mass is 563 g/mol. The molecule has 0 heterocycles. The Morgan fingerprint density at radius 2 is 1.45 bits per heavy atom. The van der Waals surface area contributed by atoms with Gasteiger partial charge in [-0.15, -0.1) is 0 Å². The first kappa shape index (κ1) is 30.9. The number of nitrogens with zero attached hydrogens (tertiary/aromatic N) is 2. The van der Waals surface area contributed by atoms with E-state index in [1.165, 1.54) is 4.90 Å². The van der Waals surface area contributed by atoms with E-state index in [2.05, 4.69) is 5.32 Å². The van der Waals surface area contributed by atoms with E-state index < -0.39 is 28.5 Å². The van der Waals surface area contributed by atoms with Gasteiger partial charge in [-0.2, -0.15) is 0 Å². The van der Waals surface area contributed by atoms with Gasteiger partial charge in [-0.05, 0) is 48.1 Å². The Balaban J connectivity index is 2.03. The summed E-state index contributed by atoms with van der Waals surface area (Å²) in [5.74, 6) is -0.489. The molecule has 0 aromatic heterocycles. The molecule has 40 heavy (non-hydrogen) atoms. The van der Waals surface area contributed by atoms with Crippen LogP contribution in [-0.2, 0) is 39.0 Å². The van der Waals surface area contributed by atoms with E-state index in [0.29, 0.717) is 18.7 Å². The lowest BCUT2D eigenvalue weighted by Crippen LogP contribution is -2.53. The molecule has 3 aromatic carbocycles. The molecule has 0 radical (unpaired) electrons. The van der Waals surface area contributed by atoms with Crippen LogP contribution < -0.4 is 9.62 Å². The van der Waals surface area contributed by atoms with Crippen LogP contribution in [-0.4, -0.2) is 50.5 Å². The quantitative estimate of drug-likeness (QED) is 0.326. The van der Waals surface area contributed by atoms with Crippen molar-refractivity contribution in [3.05, 3.63) is 101 Å². The molecule has 3 aromatic rings. The molecule has 0 saturated heterocycles. The number of carbonyl (C=O) groups is 2. The molecule has 1 N–H and O–H groups in total. The van der Waals surface area contributed by atoms with Crippen molar-refractivity contribution in [2.24, 2.45) is 5.92 Å². The molecule has 0 saturated carbocycles. The van der Waals surface area contributed by atoms with Crippen LogP contribution in [0.15, 0.2) is 78.9 Å². The summed E-state index contributed by atoms with van der Waals surface area (Å²) < 4.78 is 26.9. The van der Waals surface area contributed by atoms with Crippen LogP contribution in [0.4, 0.5) is 5.69 Å². The van der Waals surface area contributed by atoms with E-state index in [-0.39, 0.29) is 18.4 Å². The SMILES string of the molecule is CCc1ccc(N(CC(=O)N(Cc2ccc(C)cc2)[C@H](Cc2ccccc2)C(=O)NCC(C)C)S(C)(=O)=O)cc1. The number of hydrogen-bond acceptors (Lipinski definition) is 4. The number of rotatable bonds is 13. The standard InChI is InChI=1S/C32H41N3O4S/c1-6-26-16-18-29(19-17-26)35(40(5,38)39)23-31(36)34(22-28-14-12-25(4)13-15-28)30(32(37)33-21-24(2)3)20-27-10-8-7-9-11-27/h7-19,24,30H,6,20-23H2,1-5H3,(H,33,37)/t30-/m1/s1. The van der Waals surface area contributed by atoms with Gasteiger partial charge in [0.25, 0.3) is 0 Å². The molecule has 0 unspecified atom stereocenters. The van der Waals surface area contributed by atoms with E-state index >= 15 is 0 Å². The third-order valence-electron chi connectivity index (χ3n) is 6.74. The van der Waals surface area contributed by atoms with Crippen LogP contribution in [0, 0.1) is 12.8 Å². The van der Waals surface area contributed by atoms with Crippen molar-refractivity contribution in [1.29, 1.82) is 0 Å². The maximum absolute atomic E-state index is 14.1. The van der Waals surface area contributed by atoms with E-state index in [1.54, 1.807) is 12.1 Å². The van der Waals surface area contributed by atoms with Crippen molar-refractivity contribution in [2.45, 2.75) is 53.1 Å². The van der Waals surface area contributed by atoms with Crippen LogP contribution >= 0.6 is 0 Å². The minimum atomic E-state index is -3.79. The van der Waals surface area contributed by atoms with Gasteiger partial charge in [0.2, 0.25) is 21.8 Å². The molecule has 3 rings (SSSR count). The van der Waals surface area contributed by atoms with E-state index in [0.717, 1.165) is 39.2 Å². The van der Waals surface area contributed by atoms with Crippen molar-refractivity contribution in [3.63, 3.8) is 0 Å². The molecular formula is C32H41N3O4S. The third-order valence-corrected chi connectivity index (χ3v) is 7.88. The summed E-state index contributed by atoms with van der Waals surface area (Å²) in [4.78, 5) is 29.2. The second-order valence-corrected chi connectivity index (χ2v) is 12.5. The first-order valence-corrected chi connectivity index (χ1v) is 15.6. The highest BCUT2D eigenvalue weighted by molar-refractivity contribution is 7.92. The second-order valence-electron chi connectivity index (χ2n) is 10.6. The predicted octanol–water partition coefficient (Wildman–Crippen LogP) is 4.74. The van der Waals surface area contributed by atoms with Gasteiger partial charge in [0, 0.05) is 19.5 Å². The minimum absolute atomic E-state index is 0.165. The predicted molar refractivity (Wildman–Crippen MR) is 162 cm³/mol. The number of benzene rings is 3. The van der Waals surface area contributed by atoms with Crippen LogP contribution in [0.25, 0.3) is 0 Å². The molecule has 0 bridgehead atoms. The Kier molecular flexibility index (Phi) is 10.9. The van der Waals surface area contributed by atoms with Gasteiger partial charge >= 0.3 is 0 Å². The summed E-state index contributed by atoms with van der Waals surface area (Å²) >= 11 is 0. The first-order valence-electron chi connectivity index (χ1n) is 13.7. The average molecular weight is 564 g/mol. The smallest absolute Gasteiger partial charge is 0.244 e. The van der Waals surface area contributed by atoms with E-state index in [4.69, 9.17) is 0 Å². The maximum Gasteiger partial charge on any atom is 0.244 e. The van der Waals surface area contributed by atoms with Gasteiger partial charge in [-0.3, -0.25) is 13.9 Å². The fourth-order valence-corrected chi connectivity index (χ4v) is 5.23. The number of aryl methyl sites for hydroxylation is 2. The van der Waals surface area contributed by atoms with E-state index in [1.807, 2.05) is 94.4 Å². The lowest BCUT2D eigenvalue weighted by Gasteiger charge is -2.33. The fraction of sp³-hybridized carbons (Fsp3) is 0.375.